The van der Waals surface area contributed by atoms with Gasteiger partial charge in [-0.2, -0.15) is 0 Å². The number of hydrogen-bond donors (Lipinski definition) is 0. The molecule has 0 amide bonds. The Bertz CT molecular complexity index is 3470. The van der Waals surface area contributed by atoms with Crippen molar-refractivity contribution >= 4 is 53.4 Å². The molecule has 10 rings (SSSR count). The average Bonchev–Trinajstić information content (AvgIpc) is 3.88. The lowest BCUT2D eigenvalue weighted by Crippen LogP contribution is -2.00. The van der Waals surface area contributed by atoms with Crippen LogP contribution >= 0.6 is 11.3 Å². The molecule has 0 saturated carbocycles. The van der Waals surface area contributed by atoms with Crippen LogP contribution in [0.4, 0.5) is 0 Å². The van der Waals surface area contributed by atoms with Gasteiger partial charge >= 0.3 is 0 Å². The molecule has 0 bridgehead atoms. The maximum Gasteiger partial charge on any atom is 0.164 e. The van der Waals surface area contributed by atoms with Crippen molar-refractivity contribution in [3.05, 3.63) is 164 Å². The highest BCUT2D eigenvalue weighted by atomic mass is 32.1. The van der Waals surface area contributed by atoms with Crippen molar-refractivity contribution in [3.63, 3.8) is 0 Å². The molecule has 0 N–H and O–H groups in total. The molecule has 0 spiro atoms. The van der Waals surface area contributed by atoms with E-state index in [2.05, 4.69) is 12.1 Å². The van der Waals surface area contributed by atoms with E-state index in [-0.39, 0.29) is 45.0 Å². The zero-order chi connectivity index (χ0) is 42.6. The molecule has 0 saturated heterocycles. The third kappa shape index (κ3) is 4.95. The molecule has 0 fully saturated rings. The topological polar surface area (TPSA) is 51.8 Å². The number of aromatic nitrogens is 3. The first-order valence-corrected chi connectivity index (χ1v) is 16.5. The number of rotatable bonds is 5. The zero-order valence-corrected chi connectivity index (χ0v) is 26.7. The van der Waals surface area contributed by atoms with E-state index in [1.807, 2.05) is 84.9 Å². The fraction of sp³-hybridized carbons (Fsp3) is 0. The van der Waals surface area contributed by atoms with Crippen LogP contribution in [-0.2, 0) is 0 Å². The number of furan rings is 1. The molecule has 5 heteroatoms. The molecule has 50 heavy (non-hydrogen) atoms. The van der Waals surface area contributed by atoms with E-state index in [1.54, 1.807) is 11.3 Å². The first-order valence-electron chi connectivity index (χ1n) is 21.2. The summed E-state index contributed by atoms with van der Waals surface area (Å²) in [5.41, 5.74) is 1.61. The van der Waals surface area contributed by atoms with Gasteiger partial charge in [0, 0.05) is 47.6 Å². The molecule has 10 aromatic rings. The van der Waals surface area contributed by atoms with Crippen LogP contribution < -0.4 is 0 Å². The Hall–Kier alpha value is -6.43. The van der Waals surface area contributed by atoms with Crippen molar-refractivity contribution in [2.75, 3.05) is 0 Å². The van der Waals surface area contributed by atoms with Gasteiger partial charge in [0.1, 0.15) is 11.2 Å². The van der Waals surface area contributed by atoms with Crippen molar-refractivity contribution in [1.29, 1.82) is 0 Å². The Balaban J connectivity index is 1.21. The quantitative estimate of drug-likeness (QED) is 0.183. The third-order valence-electron chi connectivity index (χ3n) is 8.50. The van der Waals surface area contributed by atoms with Gasteiger partial charge < -0.3 is 4.42 Å². The van der Waals surface area contributed by atoms with Crippen LogP contribution in [0.5, 0.6) is 0 Å². The second-order valence-electron chi connectivity index (χ2n) is 11.6. The van der Waals surface area contributed by atoms with E-state index in [4.69, 9.17) is 29.0 Å². The third-order valence-corrected chi connectivity index (χ3v) is 9.66. The van der Waals surface area contributed by atoms with Gasteiger partial charge in [-0.3, -0.25) is 0 Å². The minimum atomic E-state index is -0.682. The summed E-state index contributed by atoms with van der Waals surface area (Å²) in [6.45, 7) is 0. The molecule has 0 radical (unpaired) electrons. The van der Waals surface area contributed by atoms with Crippen molar-refractivity contribution in [1.82, 2.24) is 15.0 Å². The van der Waals surface area contributed by atoms with E-state index in [0.29, 0.717) is 11.1 Å². The summed E-state index contributed by atoms with van der Waals surface area (Å²) in [6, 6.07) is 25.0. The first-order chi connectivity index (χ1) is 29.3. The van der Waals surface area contributed by atoms with Crippen LogP contribution in [0.1, 0.15) is 15.1 Å². The number of fused-ring (bicyclic) bond motifs is 6. The van der Waals surface area contributed by atoms with E-state index in [9.17, 15) is 5.48 Å². The average molecular weight is 669 g/mol. The second-order valence-corrected chi connectivity index (χ2v) is 12.7. The maximum atomic E-state index is 9.46. The second kappa shape index (κ2) is 11.6. The SMILES string of the molecule is [2H]c1c([2H])c([2H])c(-c2c([2H])c([2H])c3oc4c([2H])c(-c5nc(-c6ccc(-c7ccccc7)cc6)nc(-c6ccc7sc8ccccc8c7c6)n5)c([2H])c([2H])c4c3c2[2H])c([2H])c1[2H]. The molecule has 7 aromatic carbocycles. The van der Waals surface area contributed by atoms with Gasteiger partial charge in [-0.1, -0.05) is 115 Å². The lowest BCUT2D eigenvalue weighted by atomic mass is 10.0. The molecule has 0 aliphatic carbocycles. The summed E-state index contributed by atoms with van der Waals surface area (Å²) in [7, 11) is 0. The van der Waals surface area contributed by atoms with Crippen LogP contribution in [0.2, 0.25) is 0 Å². The molecule has 234 valence electrons. The molecule has 3 heterocycles. The summed E-state index contributed by atoms with van der Waals surface area (Å²) >= 11 is 1.66. The lowest BCUT2D eigenvalue weighted by molar-refractivity contribution is 0.669. The summed E-state index contributed by atoms with van der Waals surface area (Å²) in [5.74, 6) is 0.406. The van der Waals surface area contributed by atoms with Gasteiger partial charge in [-0.05, 0) is 70.7 Å². The van der Waals surface area contributed by atoms with Gasteiger partial charge in [0.05, 0.1) is 15.1 Å². The smallest absolute Gasteiger partial charge is 0.164 e. The molecule has 0 unspecified atom stereocenters. The zero-order valence-electron chi connectivity index (χ0n) is 36.9. The molecule has 0 aliphatic heterocycles. The van der Waals surface area contributed by atoms with Gasteiger partial charge in [-0.15, -0.1) is 11.3 Å². The standard InChI is InChI=1S/C45H27N3OS/c1-3-9-28(10-4-1)30-15-17-31(18-16-30)43-46-44(33-21-24-42-38(26-33)36-13-7-8-14-41(36)50-42)48-45(47-43)34-19-22-35-37-25-32(29-11-5-2-6-12-29)20-23-39(37)49-40(35)27-34/h1-27H/i2D,5D,6D,11D,12D,19D,20D,22D,23D,25D,27D. The fourth-order valence-corrected chi connectivity index (χ4v) is 7.14. The number of thiophene rings is 1. The van der Waals surface area contributed by atoms with Crippen molar-refractivity contribution < 1.29 is 19.5 Å². The van der Waals surface area contributed by atoms with E-state index in [0.717, 1.165) is 31.3 Å². The van der Waals surface area contributed by atoms with Crippen LogP contribution in [-0.4, -0.2) is 15.0 Å². The predicted octanol–water partition coefficient (Wildman–Crippen LogP) is 12.5. The maximum absolute atomic E-state index is 9.46. The summed E-state index contributed by atoms with van der Waals surface area (Å²) < 4.78 is 105. The molecule has 0 atom stereocenters. The molecular weight excluding hydrogens is 631 g/mol. The van der Waals surface area contributed by atoms with Crippen LogP contribution in [0.25, 0.3) is 98.5 Å². The minimum Gasteiger partial charge on any atom is -0.456 e. The Morgan fingerprint density at radius 1 is 0.420 bits per heavy atom. The normalized spacial score (nSPS) is 14.7. The predicted molar refractivity (Wildman–Crippen MR) is 207 cm³/mol. The van der Waals surface area contributed by atoms with Gasteiger partial charge in [0.2, 0.25) is 0 Å². The van der Waals surface area contributed by atoms with Gasteiger partial charge in [0.15, 0.2) is 17.5 Å². The number of nitrogens with zero attached hydrogens (tertiary/aromatic N) is 3. The lowest BCUT2D eigenvalue weighted by Gasteiger charge is -2.09. The van der Waals surface area contributed by atoms with E-state index < -0.39 is 77.6 Å². The summed E-state index contributed by atoms with van der Waals surface area (Å²) in [4.78, 5) is 14.5. The van der Waals surface area contributed by atoms with Crippen LogP contribution in [0.3, 0.4) is 0 Å². The minimum absolute atomic E-state index is 0.0912. The number of benzene rings is 7. The highest BCUT2D eigenvalue weighted by Gasteiger charge is 2.16. The summed E-state index contributed by atoms with van der Waals surface area (Å²) in [5, 5.41) is 1.69. The summed E-state index contributed by atoms with van der Waals surface area (Å²) in [6.07, 6.45) is 0. The molecular formula is C45H27N3OS. The van der Waals surface area contributed by atoms with Gasteiger partial charge in [0.25, 0.3) is 0 Å². The Labute approximate surface area is 307 Å². The Kier molecular flexibility index (Phi) is 4.54. The largest absolute Gasteiger partial charge is 0.456 e. The molecule has 3 aromatic heterocycles. The van der Waals surface area contributed by atoms with Crippen LogP contribution in [0, 0.1) is 0 Å². The molecule has 4 nitrogen and oxygen atoms in total. The molecule has 0 aliphatic rings. The van der Waals surface area contributed by atoms with Crippen molar-refractivity contribution in [2.24, 2.45) is 0 Å². The highest BCUT2D eigenvalue weighted by Crippen LogP contribution is 2.38. The Morgan fingerprint density at radius 2 is 1.08 bits per heavy atom. The Morgan fingerprint density at radius 3 is 1.92 bits per heavy atom. The first kappa shape index (κ1) is 19.5. The highest BCUT2D eigenvalue weighted by molar-refractivity contribution is 7.25. The van der Waals surface area contributed by atoms with Crippen molar-refractivity contribution in [3.8, 4) is 56.4 Å². The van der Waals surface area contributed by atoms with Crippen molar-refractivity contribution in [2.45, 2.75) is 0 Å². The van der Waals surface area contributed by atoms with Crippen LogP contribution in [0.15, 0.2) is 168 Å². The van der Waals surface area contributed by atoms with E-state index in [1.165, 1.54) is 0 Å². The number of hydrogen-bond acceptors (Lipinski definition) is 5. The van der Waals surface area contributed by atoms with Gasteiger partial charge in [-0.25, -0.2) is 15.0 Å². The van der Waals surface area contributed by atoms with E-state index >= 15 is 0 Å². The monoisotopic (exact) mass is 668 g/mol. The fourth-order valence-electron chi connectivity index (χ4n) is 6.06.